The third-order valence-electron chi connectivity index (χ3n) is 4.42. The number of para-hydroxylation sites is 1. The Hall–Kier alpha value is -3.50. The number of carbonyl (C=O) groups is 1. The fourth-order valence-corrected chi connectivity index (χ4v) is 3.06. The molecule has 1 heterocycles. The molecule has 0 aliphatic rings. The second-order valence-corrected chi connectivity index (χ2v) is 6.50. The number of amides is 1. The van der Waals surface area contributed by atoms with E-state index in [9.17, 15) is 31.1 Å². The van der Waals surface area contributed by atoms with E-state index in [0.717, 1.165) is 11.0 Å². The Balaban J connectivity index is 1.98. The minimum atomic E-state index is -5.02. The molecule has 164 valence electrons. The molecule has 2 N–H and O–H groups in total. The molecule has 31 heavy (non-hydrogen) atoms. The average Bonchev–Trinajstić information content (AvgIpc) is 3.06. The van der Waals surface area contributed by atoms with Crippen LogP contribution in [0, 0.1) is 5.41 Å². The number of nitrogens with one attached hydrogen (secondary N) is 2. The Morgan fingerprint density at radius 3 is 2.23 bits per heavy atom. The average molecular weight is 443 g/mol. The normalized spacial score (nSPS) is 12.1. The number of anilines is 1. The molecular formula is C20H15F6N3O2. The fourth-order valence-electron chi connectivity index (χ4n) is 3.06. The van der Waals surface area contributed by atoms with Gasteiger partial charge in [-0.15, -0.1) is 0 Å². The molecule has 0 bridgehead atoms. The Morgan fingerprint density at radius 2 is 1.65 bits per heavy atom. The molecule has 3 rings (SSSR count). The number of aromatic nitrogens is 1. The van der Waals surface area contributed by atoms with E-state index in [1.165, 1.54) is 6.20 Å². The highest BCUT2D eigenvalue weighted by molar-refractivity contribution is 5.99. The third-order valence-corrected chi connectivity index (χ3v) is 4.42. The van der Waals surface area contributed by atoms with Crippen LogP contribution in [-0.2, 0) is 23.5 Å². The fraction of sp³-hybridized carbons (Fsp3) is 0.200. The maximum absolute atomic E-state index is 13.0. The van der Waals surface area contributed by atoms with Crippen molar-refractivity contribution in [3.63, 3.8) is 0 Å². The maximum atomic E-state index is 13.0. The Labute approximate surface area is 171 Å². The van der Waals surface area contributed by atoms with Gasteiger partial charge in [-0.25, -0.2) is 4.79 Å². The number of benzene rings is 2. The molecule has 0 radical (unpaired) electrons. The van der Waals surface area contributed by atoms with Crippen molar-refractivity contribution in [3.05, 3.63) is 65.4 Å². The van der Waals surface area contributed by atoms with E-state index >= 15 is 0 Å². The van der Waals surface area contributed by atoms with Crippen molar-refractivity contribution in [2.75, 3.05) is 11.9 Å². The number of rotatable bonds is 5. The van der Waals surface area contributed by atoms with Crippen molar-refractivity contribution in [1.82, 2.24) is 4.57 Å². The summed E-state index contributed by atoms with van der Waals surface area (Å²) in [4.78, 5) is 12.7. The van der Waals surface area contributed by atoms with Crippen LogP contribution in [-0.4, -0.2) is 23.6 Å². The van der Waals surface area contributed by atoms with E-state index in [2.05, 4.69) is 5.32 Å². The summed E-state index contributed by atoms with van der Waals surface area (Å²) >= 11 is 0. The first-order valence-electron chi connectivity index (χ1n) is 8.81. The van der Waals surface area contributed by atoms with E-state index in [1.54, 1.807) is 24.3 Å². The molecule has 0 saturated heterocycles. The first-order valence-corrected chi connectivity index (χ1v) is 8.81. The summed E-state index contributed by atoms with van der Waals surface area (Å²) < 4.78 is 84.2. The van der Waals surface area contributed by atoms with Crippen LogP contribution in [0.25, 0.3) is 10.9 Å². The zero-order chi connectivity index (χ0) is 22.8. The first-order chi connectivity index (χ1) is 14.5. The number of ether oxygens (including phenoxy) is 1. The molecule has 0 unspecified atom stereocenters. The van der Waals surface area contributed by atoms with Crippen LogP contribution in [0.4, 0.5) is 36.8 Å². The minimum absolute atomic E-state index is 0.0118. The van der Waals surface area contributed by atoms with Gasteiger partial charge in [-0.05, 0) is 29.8 Å². The number of hydrogen-bond donors (Lipinski definition) is 2. The largest absolute Gasteiger partial charge is 0.483 e. The van der Waals surface area contributed by atoms with Gasteiger partial charge in [0.2, 0.25) is 0 Å². The van der Waals surface area contributed by atoms with Crippen molar-refractivity contribution in [2.24, 2.45) is 0 Å². The van der Waals surface area contributed by atoms with Crippen molar-refractivity contribution in [2.45, 2.75) is 18.8 Å². The number of alkyl halides is 6. The van der Waals surface area contributed by atoms with Gasteiger partial charge in [0.1, 0.15) is 0 Å². The van der Waals surface area contributed by atoms with Crippen LogP contribution in [0.3, 0.4) is 0 Å². The molecule has 11 heteroatoms. The Morgan fingerprint density at radius 1 is 1.03 bits per heavy atom. The number of halogens is 6. The third kappa shape index (κ3) is 4.98. The van der Waals surface area contributed by atoms with Gasteiger partial charge in [0.05, 0.1) is 23.3 Å². The molecule has 0 fully saturated rings. The lowest BCUT2D eigenvalue weighted by Gasteiger charge is -2.15. The molecule has 0 spiro atoms. The van der Waals surface area contributed by atoms with Crippen LogP contribution >= 0.6 is 0 Å². The summed E-state index contributed by atoms with van der Waals surface area (Å²) in [7, 11) is 0. The highest BCUT2D eigenvalue weighted by Crippen LogP contribution is 2.37. The monoisotopic (exact) mass is 443 g/mol. The summed E-state index contributed by atoms with van der Waals surface area (Å²) in [5, 5.41) is 9.65. The van der Waals surface area contributed by atoms with Gasteiger partial charge in [-0.2, -0.15) is 26.3 Å². The van der Waals surface area contributed by atoms with Crippen LogP contribution in [0.15, 0.2) is 48.7 Å². The van der Waals surface area contributed by atoms with Gasteiger partial charge in [-0.1, -0.05) is 18.2 Å². The lowest BCUT2D eigenvalue weighted by molar-refractivity contribution is -0.143. The highest BCUT2D eigenvalue weighted by Gasteiger charge is 2.37. The molecule has 1 aromatic heterocycles. The van der Waals surface area contributed by atoms with Gasteiger partial charge in [-0.3, -0.25) is 9.98 Å². The minimum Gasteiger partial charge on any atom is -0.483 e. The van der Waals surface area contributed by atoms with E-state index in [1.807, 2.05) is 0 Å². The molecule has 0 aliphatic carbocycles. The van der Waals surface area contributed by atoms with Crippen molar-refractivity contribution >= 4 is 29.0 Å². The van der Waals surface area contributed by atoms with Gasteiger partial charge >= 0.3 is 18.4 Å². The van der Waals surface area contributed by atoms with E-state index < -0.39 is 35.2 Å². The van der Waals surface area contributed by atoms with Crippen LogP contribution in [0.2, 0.25) is 0 Å². The maximum Gasteiger partial charge on any atom is 0.416 e. The Kier molecular flexibility index (Phi) is 5.96. The van der Waals surface area contributed by atoms with Gasteiger partial charge in [0.15, 0.2) is 6.40 Å². The highest BCUT2D eigenvalue weighted by atomic mass is 19.4. The molecule has 1 amide bonds. The summed E-state index contributed by atoms with van der Waals surface area (Å²) in [6.07, 6.45) is -7.53. The Bertz CT molecular complexity index is 1090. The van der Waals surface area contributed by atoms with Gasteiger partial charge in [0, 0.05) is 23.7 Å². The van der Waals surface area contributed by atoms with Gasteiger partial charge < -0.3 is 10.1 Å². The van der Waals surface area contributed by atoms with Crippen molar-refractivity contribution in [1.29, 1.82) is 5.41 Å². The smallest absolute Gasteiger partial charge is 0.416 e. The standard InChI is InChI=1S/C20H15F6N3O2/c21-19(22,23)13-7-14(20(24,25)26)9-15(8-13)28-18(30)29-10-12(5-6-31-11-27)16-3-1-2-4-17(16)29/h1-4,7-11,27H,5-6H2,(H,28,30). The first kappa shape index (κ1) is 22.2. The van der Waals surface area contributed by atoms with Gasteiger partial charge in [0.25, 0.3) is 0 Å². The second-order valence-electron chi connectivity index (χ2n) is 6.50. The van der Waals surface area contributed by atoms with Crippen molar-refractivity contribution in [3.8, 4) is 0 Å². The summed E-state index contributed by atoms with van der Waals surface area (Å²) in [5.41, 5.74) is -2.63. The van der Waals surface area contributed by atoms with Crippen LogP contribution in [0.5, 0.6) is 0 Å². The van der Waals surface area contributed by atoms with Crippen LogP contribution < -0.4 is 5.32 Å². The molecule has 3 aromatic rings. The zero-order valence-electron chi connectivity index (χ0n) is 15.6. The summed E-state index contributed by atoms with van der Waals surface area (Å²) in [5.74, 6) is 0. The van der Waals surface area contributed by atoms with E-state index in [-0.39, 0.29) is 12.7 Å². The summed E-state index contributed by atoms with van der Waals surface area (Å²) in [6, 6.07) is 6.60. The van der Waals surface area contributed by atoms with E-state index in [4.69, 9.17) is 10.1 Å². The quantitative estimate of drug-likeness (QED) is 0.222. The summed E-state index contributed by atoms with van der Waals surface area (Å²) in [6.45, 7) is 0.154. The zero-order valence-corrected chi connectivity index (χ0v) is 15.6. The predicted octanol–water partition coefficient (Wildman–Crippen LogP) is 5.93. The molecule has 0 aliphatic heterocycles. The van der Waals surface area contributed by atoms with Crippen molar-refractivity contribution < 1.29 is 35.9 Å². The number of nitrogens with zero attached hydrogens (tertiary/aromatic N) is 1. The number of hydrogen-bond acceptors (Lipinski definition) is 3. The molecule has 5 nitrogen and oxygen atoms in total. The van der Waals surface area contributed by atoms with Crippen LogP contribution in [0.1, 0.15) is 16.7 Å². The van der Waals surface area contributed by atoms with E-state index in [0.29, 0.717) is 35.0 Å². The lowest BCUT2D eigenvalue weighted by atomic mass is 10.1. The molecule has 2 aromatic carbocycles. The molecular weight excluding hydrogens is 428 g/mol. The SMILES string of the molecule is N=COCCc1cn(C(=O)Nc2cc(C(F)(F)F)cc(C(F)(F)F)c2)c2ccccc12. The number of carbonyl (C=O) groups excluding carboxylic acids is 1. The topological polar surface area (TPSA) is 67.1 Å². The lowest BCUT2D eigenvalue weighted by Crippen LogP contribution is -2.20. The second kappa shape index (κ2) is 8.32. The molecule has 0 saturated carbocycles. The predicted molar refractivity (Wildman–Crippen MR) is 101 cm³/mol. The number of fused-ring (bicyclic) bond motifs is 1. The molecule has 0 atom stereocenters.